The molecule has 3 amide bonds. The maximum absolute atomic E-state index is 14.5. The number of rotatable bonds is 5. The predicted molar refractivity (Wildman–Crippen MR) is 159 cm³/mol. The summed E-state index contributed by atoms with van der Waals surface area (Å²) in [5.74, 6) is -3.47. The Bertz CT molecular complexity index is 1600. The molecule has 41 heavy (non-hydrogen) atoms. The van der Waals surface area contributed by atoms with Crippen molar-refractivity contribution in [1.82, 2.24) is 4.90 Å². The van der Waals surface area contributed by atoms with Gasteiger partial charge in [-0.05, 0) is 52.1 Å². The highest BCUT2D eigenvalue weighted by molar-refractivity contribution is 6.36. The van der Waals surface area contributed by atoms with Gasteiger partial charge < -0.3 is 5.32 Å². The number of benzene rings is 4. The third-order valence-electron chi connectivity index (χ3n) is 8.62. The van der Waals surface area contributed by atoms with E-state index in [2.05, 4.69) is 5.32 Å². The fourth-order valence-electron chi connectivity index (χ4n) is 6.89. The van der Waals surface area contributed by atoms with Crippen LogP contribution in [-0.4, -0.2) is 28.7 Å². The molecular weight excluding hydrogens is 579 g/mol. The average Bonchev–Trinajstić information content (AvgIpc) is 3.27. The van der Waals surface area contributed by atoms with Gasteiger partial charge in [-0.1, -0.05) is 90.5 Å². The molecule has 4 aliphatic rings. The summed E-state index contributed by atoms with van der Waals surface area (Å²) in [7, 11) is 0. The van der Waals surface area contributed by atoms with Gasteiger partial charge in [-0.3, -0.25) is 19.3 Å². The van der Waals surface area contributed by atoms with Crippen molar-refractivity contribution in [2.24, 2.45) is 11.8 Å². The van der Waals surface area contributed by atoms with Crippen molar-refractivity contribution in [1.29, 1.82) is 0 Å². The molecule has 0 radical (unpaired) electrons. The molecule has 204 valence electrons. The number of carbonyl (C=O) groups excluding carboxylic acids is 3. The molecule has 0 aromatic heterocycles. The van der Waals surface area contributed by atoms with Crippen molar-refractivity contribution in [3.63, 3.8) is 0 Å². The van der Waals surface area contributed by atoms with Crippen LogP contribution in [-0.2, 0) is 30.6 Å². The first kappa shape index (κ1) is 26.3. The van der Waals surface area contributed by atoms with E-state index in [-0.39, 0.29) is 6.42 Å². The van der Waals surface area contributed by atoms with E-state index in [0.29, 0.717) is 33.0 Å². The third-order valence-corrected chi connectivity index (χ3v) is 10.2. The fourth-order valence-corrected chi connectivity index (χ4v) is 8.12. The van der Waals surface area contributed by atoms with Crippen LogP contribution < -0.4 is 5.32 Å². The van der Waals surface area contributed by atoms with Crippen molar-refractivity contribution in [2.45, 2.75) is 22.2 Å². The Kier molecular flexibility index (Phi) is 6.06. The van der Waals surface area contributed by atoms with Crippen LogP contribution in [0.25, 0.3) is 0 Å². The van der Waals surface area contributed by atoms with E-state index in [1.807, 2.05) is 78.9 Å². The highest BCUT2D eigenvalue weighted by Crippen LogP contribution is 2.69. The zero-order valence-corrected chi connectivity index (χ0v) is 23.8. The molecule has 1 saturated heterocycles. The standard InChI is InChI=1S/C33H23Cl3N2O3/c34-20-14-16-21(17-15-20)37-29(39)26(18-19-8-2-1-3-9-19)38-30(40)27-28(31(38)41)33(36)23-11-5-4-10-22(23)32(27,35)24-12-6-7-13-25(24)33/h1-17,26-28H,18H2,(H,37,39)/t26-,27-,28+,32?,33?/m0/s1. The minimum atomic E-state index is -1.32. The SMILES string of the molecule is O=C(Nc1ccc(Cl)cc1)[C@H](Cc1ccccc1)N1C(=O)[C@@H]2[C@H](C1=O)C1(Cl)c3ccccc3C2(Cl)c2ccccc21. The lowest BCUT2D eigenvalue weighted by atomic mass is 9.54. The smallest absolute Gasteiger partial charge is 0.248 e. The summed E-state index contributed by atoms with van der Waals surface area (Å²) in [6.45, 7) is 0. The summed E-state index contributed by atoms with van der Waals surface area (Å²) in [6.07, 6.45) is 0.127. The first-order valence-corrected chi connectivity index (χ1v) is 14.4. The molecule has 1 heterocycles. The Morgan fingerprint density at radius 1 is 0.707 bits per heavy atom. The fraction of sp³-hybridized carbons (Fsp3) is 0.182. The second-order valence-corrected chi connectivity index (χ2v) is 12.3. The molecule has 8 heteroatoms. The molecule has 2 bridgehead atoms. The molecule has 5 nitrogen and oxygen atoms in total. The molecule has 4 aromatic rings. The van der Waals surface area contributed by atoms with Gasteiger partial charge in [0.15, 0.2) is 0 Å². The van der Waals surface area contributed by atoms with Crippen LogP contribution in [0.1, 0.15) is 27.8 Å². The summed E-state index contributed by atoms with van der Waals surface area (Å²) in [5.41, 5.74) is 4.15. The van der Waals surface area contributed by atoms with Gasteiger partial charge in [0.25, 0.3) is 0 Å². The second-order valence-electron chi connectivity index (χ2n) is 10.7. The molecular formula is C33H23Cl3N2O3. The van der Waals surface area contributed by atoms with E-state index in [9.17, 15) is 14.4 Å². The van der Waals surface area contributed by atoms with Gasteiger partial charge in [0.2, 0.25) is 17.7 Å². The molecule has 1 aliphatic heterocycles. The molecule has 0 saturated carbocycles. The van der Waals surface area contributed by atoms with E-state index in [0.717, 1.165) is 10.5 Å². The molecule has 1 N–H and O–H groups in total. The number of halogens is 3. The van der Waals surface area contributed by atoms with Gasteiger partial charge in [-0.25, -0.2) is 0 Å². The van der Waals surface area contributed by atoms with Crippen molar-refractivity contribution in [2.75, 3.05) is 5.32 Å². The number of hydrogen-bond acceptors (Lipinski definition) is 3. The zero-order chi connectivity index (χ0) is 28.5. The van der Waals surface area contributed by atoms with E-state index in [1.165, 1.54) is 0 Å². The quantitative estimate of drug-likeness (QED) is 0.210. The summed E-state index contributed by atoms with van der Waals surface area (Å²) in [6, 6.07) is 29.8. The number of nitrogens with zero attached hydrogens (tertiary/aromatic N) is 1. The molecule has 3 atom stereocenters. The number of alkyl halides is 2. The Hall–Kier alpha value is -3.64. The summed E-state index contributed by atoms with van der Waals surface area (Å²) < 4.78 is 0. The number of nitrogens with one attached hydrogen (secondary N) is 1. The first-order chi connectivity index (χ1) is 19.8. The molecule has 1 fully saturated rings. The monoisotopic (exact) mass is 600 g/mol. The Balaban J connectivity index is 1.36. The van der Waals surface area contributed by atoms with Gasteiger partial charge >= 0.3 is 0 Å². The van der Waals surface area contributed by atoms with Crippen molar-refractivity contribution >= 4 is 58.2 Å². The Labute approximate surface area is 252 Å². The van der Waals surface area contributed by atoms with Crippen LogP contribution in [0.3, 0.4) is 0 Å². The number of carbonyl (C=O) groups is 3. The van der Waals surface area contributed by atoms with Crippen LogP contribution in [0.15, 0.2) is 103 Å². The number of hydrogen-bond donors (Lipinski definition) is 1. The average molecular weight is 602 g/mol. The van der Waals surface area contributed by atoms with Gasteiger partial charge in [-0.2, -0.15) is 0 Å². The first-order valence-electron chi connectivity index (χ1n) is 13.3. The van der Waals surface area contributed by atoms with Crippen LogP contribution in [0.2, 0.25) is 5.02 Å². The van der Waals surface area contributed by atoms with E-state index in [1.54, 1.807) is 24.3 Å². The van der Waals surface area contributed by atoms with Crippen LogP contribution >= 0.6 is 34.8 Å². The molecule has 0 unspecified atom stereocenters. The summed E-state index contributed by atoms with van der Waals surface area (Å²) in [4.78, 5) is 41.4. The van der Waals surface area contributed by atoms with Gasteiger partial charge in [0, 0.05) is 17.1 Å². The van der Waals surface area contributed by atoms with Crippen LogP contribution in [0.5, 0.6) is 0 Å². The number of anilines is 1. The maximum Gasteiger partial charge on any atom is 0.248 e. The van der Waals surface area contributed by atoms with E-state index in [4.69, 9.17) is 34.8 Å². The second kappa shape index (κ2) is 9.45. The molecule has 8 rings (SSSR count). The minimum absolute atomic E-state index is 0.127. The largest absolute Gasteiger partial charge is 0.324 e. The zero-order valence-electron chi connectivity index (χ0n) is 21.6. The minimum Gasteiger partial charge on any atom is -0.324 e. The summed E-state index contributed by atoms with van der Waals surface area (Å²) in [5, 5.41) is 3.39. The van der Waals surface area contributed by atoms with Gasteiger partial charge in [-0.15, -0.1) is 23.2 Å². The Morgan fingerprint density at radius 3 is 1.61 bits per heavy atom. The highest BCUT2D eigenvalue weighted by Gasteiger charge is 2.73. The predicted octanol–water partition coefficient (Wildman–Crippen LogP) is 6.48. The Morgan fingerprint density at radius 2 is 1.15 bits per heavy atom. The normalized spacial score (nSPS) is 26.3. The summed E-state index contributed by atoms with van der Waals surface area (Å²) >= 11 is 21.2. The van der Waals surface area contributed by atoms with Gasteiger partial charge in [0.05, 0.1) is 11.8 Å². The number of amides is 3. The lowest BCUT2D eigenvalue weighted by Gasteiger charge is -2.54. The van der Waals surface area contributed by atoms with Crippen molar-refractivity contribution in [3.05, 3.63) is 136 Å². The van der Waals surface area contributed by atoms with Crippen molar-refractivity contribution < 1.29 is 14.4 Å². The molecule has 0 spiro atoms. The van der Waals surface area contributed by atoms with E-state index >= 15 is 0 Å². The number of likely N-dealkylation sites (tertiary alicyclic amines) is 1. The third kappa shape index (κ3) is 3.66. The van der Waals surface area contributed by atoms with Crippen molar-refractivity contribution in [3.8, 4) is 0 Å². The van der Waals surface area contributed by atoms with E-state index < -0.39 is 45.3 Å². The topological polar surface area (TPSA) is 66.5 Å². The number of imide groups is 1. The van der Waals surface area contributed by atoms with Crippen LogP contribution in [0.4, 0.5) is 5.69 Å². The highest BCUT2D eigenvalue weighted by atomic mass is 35.5. The lowest BCUT2D eigenvalue weighted by Crippen LogP contribution is -2.57. The van der Waals surface area contributed by atoms with Gasteiger partial charge in [0.1, 0.15) is 15.8 Å². The van der Waals surface area contributed by atoms with Crippen LogP contribution in [0, 0.1) is 11.8 Å². The maximum atomic E-state index is 14.5. The molecule has 3 aliphatic carbocycles. The molecule has 4 aromatic carbocycles. The lowest BCUT2D eigenvalue weighted by molar-refractivity contribution is -0.146.